The molecule has 3 heterocycles. The highest BCUT2D eigenvalue weighted by atomic mass is 31.2. The van der Waals surface area contributed by atoms with Gasteiger partial charge in [0, 0.05) is 30.1 Å². The fourth-order valence-corrected chi connectivity index (χ4v) is 9.29. The molecule has 58 heavy (non-hydrogen) atoms. The molecule has 4 atom stereocenters. The van der Waals surface area contributed by atoms with Crippen molar-refractivity contribution in [1.29, 1.82) is 5.26 Å². The number of benzene rings is 4. The van der Waals surface area contributed by atoms with Gasteiger partial charge >= 0.3 is 0 Å². The van der Waals surface area contributed by atoms with Crippen LogP contribution in [0.4, 0.5) is 5.82 Å². The van der Waals surface area contributed by atoms with Crippen molar-refractivity contribution in [2.24, 2.45) is 0 Å². The second-order valence-electron chi connectivity index (χ2n) is 14.7. The maximum Gasteiger partial charge on any atom is 0.259 e. The second-order valence-corrected chi connectivity index (χ2v) is 16.1. The number of hydrogen-bond donors (Lipinski definition) is 2. The molecule has 2 N–H and O–H groups in total. The first kappa shape index (κ1) is 40.8. The molecule has 298 valence electrons. The molecule has 1 saturated heterocycles. The minimum Gasteiger partial charge on any atom is -0.351 e. The summed E-state index contributed by atoms with van der Waals surface area (Å²) in [7, 11) is -1.54. The van der Waals surface area contributed by atoms with E-state index in [0.717, 1.165) is 16.7 Å². The molecule has 0 bridgehead atoms. The van der Waals surface area contributed by atoms with Crippen LogP contribution in [0.1, 0.15) is 73.8 Å². The average Bonchev–Trinajstić information content (AvgIpc) is 3.87. The highest BCUT2D eigenvalue weighted by Crippen LogP contribution is 2.48. The monoisotopic (exact) mass is 796 g/mol. The van der Waals surface area contributed by atoms with Crippen LogP contribution in [0.15, 0.2) is 134 Å². The third-order valence-electron chi connectivity index (χ3n) is 10.2. The number of amides is 1. The molecule has 7 rings (SSSR count). The highest BCUT2D eigenvalue weighted by Gasteiger charge is 2.45. The van der Waals surface area contributed by atoms with Gasteiger partial charge in [0.2, 0.25) is 0 Å². The van der Waals surface area contributed by atoms with Crippen LogP contribution in [0, 0.1) is 11.3 Å². The quantitative estimate of drug-likeness (QED) is 0.0524. The highest BCUT2D eigenvalue weighted by molar-refractivity contribution is 7.44. The van der Waals surface area contributed by atoms with E-state index in [9.17, 15) is 10.1 Å². The van der Waals surface area contributed by atoms with E-state index in [1.807, 2.05) is 41.0 Å². The van der Waals surface area contributed by atoms with E-state index >= 15 is 0 Å². The number of fused-ring (bicyclic) bond motifs is 1. The van der Waals surface area contributed by atoms with Gasteiger partial charge in [0.15, 0.2) is 17.0 Å². The van der Waals surface area contributed by atoms with Crippen molar-refractivity contribution >= 4 is 31.4 Å². The molecule has 12 nitrogen and oxygen atoms in total. The van der Waals surface area contributed by atoms with Crippen LogP contribution in [0.3, 0.4) is 0 Å². The first-order valence-electron chi connectivity index (χ1n) is 19.6. The first-order valence-corrected chi connectivity index (χ1v) is 20.8. The third-order valence-corrected chi connectivity index (χ3v) is 12.3. The molecule has 1 aliphatic heterocycles. The number of nitrogens with one attached hydrogen (secondary N) is 2. The van der Waals surface area contributed by atoms with Crippen LogP contribution in [0.5, 0.6) is 0 Å². The molecule has 4 unspecified atom stereocenters. The fraction of sp³-hybridized carbons (Fsp3) is 0.311. The van der Waals surface area contributed by atoms with Gasteiger partial charge in [0.1, 0.15) is 12.6 Å². The Kier molecular flexibility index (Phi) is 13.3. The molecule has 6 aromatic rings. The molecular formula is C45H49N8O4P. The molecule has 0 saturated carbocycles. The van der Waals surface area contributed by atoms with Gasteiger partial charge in [-0.2, -0.15) is 5.26 Å². The lowest BCUT2D eigenvalue weighted by Crippen LogP contribution is -2.53. The number of nitriles is 1. The normalized spacial score (nSPS) is 17.5. The SMILES string of the molecule is CC(C)N(C(C)C)P(OCCC#N)OCC1OC(n2cnc3c(NC(=O)c4ccccc4)ncnc32)CC1NC(c1ccccc1)(c1ccccc1)c1ccccc1. The summed E-state index contributed by atoms with van der Waals surface area (Å²) in [6.45, 7) is 8.95. The summed E-state index contributed by atoms with van der Waals surface area (Å²) in [4.78, 5) is 26.9. The molecular weight excluding hydrogens is 748 g/mol. The van der Waals surface area contributed by atoms with E-state index in [-0.39, 0.29) is 43.7 Å². The molecule has 1 aliphatic rings. The summed E-state index contributed by atoms with van der Waals surface area (Å²) < 4.78 is 24.2. The number of rotatable bonds is 17. The van der Waals surface area contributed by atoms with Crippen molar-refractivity contribution in [2.45, 2.75) is 76.5 Å². The van der Waals surface area contributed by atoms with Gasteiger partial charge in [0.05, 0.1) is 43.7 Å². The Morgan fingerprint density at radius 2 is 1.43 bits per heavy atom. The van der Waals surface area contributed by atoms with Crippen LogP contribution in [-0.2, 0) is 19.3 Å². The van der Waals surface area contributed by atoms with Crippen molar-refractivity contribution in [1.82, 2.24) is 29.5 Å². The second kappa shape index (κ2) is 18.9. The summed E-state index contributed by atoms with van der Waals surface area (Å²) in [6, 6.07) is 42.6. The largest absolute Gasteiger partial charge is 0.351 e. The van der Waals surface area contributed by atoms with E-state index in [1.54, 1.807) is 18.5 Å². The van der Waals surface area contributed by atoms with Crippen molar-refractivity contribution in [3.63, 3.8) is 0 Å². The third kappa shape index (κ3) is 8.86. The van der Waals surface area contributed by atoms with Gasteiger partial charge in [-0.15, -0.1) is 0 Å². The van der Waals surface area contributed by atoms with Crippen molar-refractivity contribution in [3.8, 4) is 6.07 Å². The van der Waals surface area contributed by atoms with E-state index in [0.29, 0.717) is 29.0 Å². The predicted molar refractivity (Wildman–Crippen MR) is 226 cm³/mol. The Morgan fingerprint density at radius 3 is 1.98 bits per heavy atom. The molecule has 0 spiro atoms. The lowest BCUT2D eigenvalue weighted by molar-refractivity contribution is -0.0242. The number of carbonyl (C=O) groups excluding carboxylic acids is 1. The van der Waals surface area contributed by atoms with Crippen LogP contribution >= 0.6 is 8.53 Å². The zero-order valence-electron chi connectivity index (χ0n) is 33.2. The van der Waals surface area contributed by atoms with E-state index < -0.39 is 26.4 Å². The Hall–Kier alpha value is -5.38. The molecule has 0 aliphatic carbocycles. The topological polar surface area (TPSA) is 139 Å². The minimum absolute atomic E-state index is 0.134. The van der Waals surface area contributed by atoms with Gasteiger partial charge in [0.25, 0.3) is 14.4 Å². The van der Waals surface area contributed by atoms with Crippen molar-refractivity contribution < 1.29 is 18.6 Å². The smallest absolute Gasteiger partial charge is 0.259 e. The number of carbonyl (C=O) groups is 1. The van der Waals surface area contributed by atoms with Crippen LogP contribution in [0.2, 0.25) is 0 Å². The maximum absolute atomic E-state index is 13.2. The molecule has 4 aromatic carbocycles. The number of aromatic nitrogens is 4. The maximum atomic E-state index is 13.2. The van der Waals surface area contributed by atoms with Crippen LogP contribution in [-0.4, -0.2) is 67.5 Å². The summed E-state index contributed by atoms with van der Waals surface area (Å²) in [5, 5.41) is 16.4. The van der Waals surface area contributed by atoms with E-state index in [2.05, 4.69) is 132 Å². The zero-order chi connectivity index (χ0) is 40.5. The fourth-order valence-electron chi connectivity index (χ4n) is 7.67. The minimum atomic E-state index is -1.54. The van der Waals surface area contributed by atoms with Gasteiger partial charge < -0.3 is 19.1 Å². The standard InChI is InChI=1S/C45H49N8O4P/c1-32(2)53(33(3)4)58(55-27-17-26-46)56-29-39-38(51-45(35-20-11-6-12-21-35,36-22-13-7-14-23-36)37-24-15-8-16-25-37)28-40(57-39)52-31-49-41-42(47-30-48-43(41)52)50-44(54)34-18-9-5-10-19-34/h5-16,18-25,30-33,38-40,51H,17,27-29H2,1-4H3,(H,47,48,50,54). The predicted octanol–water partition coefficient (Wildman–Crippen LogP) is 8.61. The molecule has 1 fully saturated rings. The van der Waals surface area contributed by atoms with Crippen molar-refractivity contribution in [3.05, 3.63) is 156 Å². The lowest BCUT2D eigenvalue weighted by Gasteiger charge is -2.40. The molecule has 1 amide bonds. The first-order chi connectivity index (χ1) is 28.3. The number of anilines is 1. The summed E-state index contributed by atoms with van der Waals surface area (Å²) in [5.41, 5.74) is 3.92. The van der Waals surface area contributed by atoms with E-state index in [4.69, 9.17) is 18.8 Å². The van der Waals surface area contributed by atoms with Gasteiger partial charge in [-0.25, -0.2) is 19.6 Å². The van der Waals surface area contributed by atoms with Gasteiger partial charge in [-0.3, -0.25) is 14.7 Å². The Bertz CT molecular complexity index is 2170. The average molecular weight is 797 g/mol. The number of imidazole rings is 1. The van der Waals surface area contributed by atoms with Crippen LogP contribution in [0.25, 0.3) is 11.2 Å². The molecule has 13 heteroatoms. The Labute approximate surface area is 341 Å². The lowest BCUT2D eigenvalue weighted by atomic mass is 9.76. The number of hydrogen-bond acceptors (Lipinski definition) is 10. The zero-order valence-corrected chi connectivity index (χ0v) is 34.1. The Morgan fingerprint density at radius 1 is 0.862 bits per heavy atom. The molecule has 2 aromatic heterocycles. The van der Waals surface area contributed by atoms with Crippen molar-refractivity contribution in [2.75, 3.05) is 18.5 Å². The summed E-state index contributed by atoms with van der Waals surface area (Å²) >= 11 is 0. The van der Waals surface area contributed by atoms with E-state index in [1.165, 1.54) is 6.33 Å². The summed E-state index contributed by atoms with van der Waals surface area (Å²) in [5.74, 6) is 0.0159. The summed E-state index contributed by atoms with van der Waals surface area (Å²) in [6.07, 6.45) is 2.92. The number of nitrogens with zero attached hydrogens (tertiary/aromatic N) is 6. The number of ether oxygens (including phenoxy) is 1. The Balaban J connectivity index is 1.28. The molecule has 0 radical (unpaired) electrons. The van der Waals surface area contributed by atoms with Gasteiger partial charge in [-0.1, -0.05) is 109 Å². The van der Waals surface area contributed by atoms with Crippen LogP contribution < -0.4 is 10.6 Å². The van der Waals surface area contributed by atoms with Gasteiger partial charge in [-0.05, 0) is 56.5 Å².